The number of fused-ring (bicyclic) bond motifs is 3. The van der Waals surface area contributed by atoms with Crippen LogP contribution in [0.5, 0.6) is 23.0 Å². The van der Waals surface area contributed by atoms with Gasteiger partial charge in [0, 0.05) is 17.7 Å². The lowest BCUT2D eigenvalue weighted by molar-refractivity contribution is -0.137. The first-order valence-electron chi connectivity index (χ1n) is 11.9. The predicted molar refractivity (Wildman–Crippen MR) is 136 cm³/mol. The van der Waals surface area contributed by atoms with Crippen LogP contribution in [0, 0.1) is 0 Å². The molecule has 37 heavy (non-hydrogen) atoms. The molecule has 0 saturated carbocycles. The Kier molecular flexibility index (Phi) is 6.80. The number of phenolic OH excluding ortho intramolecular Hbond substituents is 1. The van der Waals surface area contributed by atoms with Crippen LogP contribution in [0.1, 0.15) is 36.5 Å². The van der Waals surface area contributed by atoms with Crippen LogP contribution in [0.25, 0.3) is 0 Å². The minimum atomic E-state index is -2.26. The number of aliphatic hydroxyl groups is 2. The summed E-state index contributed by atoms with van der Waals surface area (Å²) in [6.45, 7) is 4.00. The summed E-state index contributed by atoms with van der Waals surface area (Å²) in [6.07, 6.45) is 0. The van der Waals surface area contributed by atoms with Gasteiger partial charge in [0.1, 0.15) is 28.8 Å². The summed E-state index contributed by atoms with van der Waals surface area (Å²) in [5.41, 5.74) is -3.01. The number of rotatable bonds is 5. The van der Waals surface area contributed by atoms with Gasteiger partial charge in [-0.25, -0.2) is 4.79 Å². The first kappa shape index (κ1) is 25.9. The number of aromatic hydroxyl groups is 1. The summed E-state index contributed by atoms with van der Waals surface area (Å²) in [6, 6.07) is 18.4. The highest BCUT2D eigenvalue weighted by Gasteiger charge is 2.74. The smallest absolute Gasteiger partial charge is 0.338 e. The van der Waals surface area contributed by atoms with Crippen molar-refractivity contribution in [1.29, 1.82) is 0 Å². The Bertz CT molecular complexity index is 1330. The molecule has 3 aromatic carbocycles. The second-order valence-corrected chi connectivity index (χ2v) is 8.40. The van der Waals surface area contributed by atoms with Gasteiger partial charge in [0.15, 0.2) is 11.2 Å². The van der Waals surface area contributed by atoms with E-state index in [1.807, 2.05) is 19.9 Å². The number of hydrogen-bond acceptors (Lipinski definition) is 8. The van der Waals surface area contributed by atoms with Gasteiger partial charge in [-0.05, 0) is 17.7 Å². The zero-order valence-corrected chi connectivity index (χ0v) is 21.3. The average Bonchev–Trinajstić information content (AvgIpc) is 3.31. The van der Waals surface area contributed by atoms with E-state index < -0.39 is 28.8 Å². The summed E-state index contributed by atoms with van der Waals surface area (Å²) in [5, 5.41) is 34.4. The molecule has 0 bridgehead atoms. The molecular weight excluding hydrogens is 476 g/mol. The Hall–Kier alpha value is -4.17. The fraction of sp³-hybridized carbons (Fsp3) is 0.276. The van der Waals surface area contributed by atoms with E-state index in [1.165, 1.54) is 33.5 Å². The molecule has 1 aliphatic carbocycles. The maximum absolute atomic E-state index is 13.1. The lowest BCUT2D eigenvalue weighted by Crippen LogP contribution is -2.50. The van der Waals surface area contributed by atoms with Crippen molar-refractivity contribution in [1.82, 2.24) is 0 Å². The van der Waals surface area contributed by atoms with Crippen molar-refractivity contribution in [3.63, 3.8) is 0 Å². The number of methoxy groups -OCH3 is 3. The number of hydrogen-bond donors (Lipinski definition) is 3. The van der Waals surface area contributed by atoms with Gasteiger partial charge in [0.05, 0.1) is 38.4 Å². The molecule has 0 radical (unpaired) electrons. The first-order valence-corrected chi connectivity index (χ1v) is 11.9. The van der Waals surface area contributed by atoms with Crippen molar-refractivity contribution in [2.45, 2.75) is 31.0 Å². The quantitative estimate of drug-likeness (QED) is 0.427. The van der Waals surface area contributed by atoms with Crippen molar-refractivity contribution in [2.24, 2.45) is 0 Å². The van der Waals surface area contributed by atoms with E-state index in [2.05, 4.69) is 0 Å². The molecule has 194 valence electrons. The summed E-state index contributed by atoms with van der Waals surface area (Å²) < 4.78 is 22.3. The average molecular weight is 507 g/mol. The van der Waals surface area contributed by atoms with Crippen molar-refractivity contribution < 1.29 is 39.1 Å². The molecule has 0 spiro atoms. The van der Waals surface area contributed by atoms with Crippen LogP contribution in [0.15, 0.2) is 78.1 Å². The first-order chi connectivity index (χ1) is 17.8. The number of esters is 1. The molecular formula is C29H30O8. The Morgan fingerprint density at radius 1 is 0.919 bits per heavy atom. The van der Waals surface area contributed by atoms with Crippen molar-refractivity contribution in [2.75, 3.05) is 21.3 Å². The third-order valence-corrected chi connectivity index (χ3v) is 6.79. The fourth-order valence-corrected chi connectivity index (χ4v) is 5.35. The molecule has 3 unspecified atom stereocenters. The number of phenols is 1. The number of ether oxygens (including phenoxy) is 4. The predicted octanol–water partition coefficient (Wildman–Crippen LogP) is 4.69. The third-order valence-electron chi connectivity index (χ3n) is 6.79. The topological polar surface area (TPSA) is 115 Å². The zero-order chi connectivity index (χ0) is 27.0. The lowest BCUT2D eigenvalue weighted by Gasteiger charge is -2.40. The van der Waals surface area contributed by atoms with Crippen LogP contribution in [-0.2, 0) is 20.7 Å². The van der Waals surface area contributed by atoms with Crippen molar-refractivity contribution in [3.8, 4) is 23.0 Å². The highest BCUT2D eigenvalue weighted by atomic mass is 16.5. The van der Waals surface area contributed by atoms with Crippen LogP contribution in [-0.4, -0.2) is 42.6 Å². The second kappa shape index (κ2) is 9.71. The van der Waals surface area contributed by atoms with Crippen LogP contribution < -0.4 is 14.2 Å². The monoisotopic (exact) mass is 506 g/mol. The van der Waals surface area contributed by atoms with Gasteiger partial charge in [-0.2, -0.15) is 0 Å². The highest BCUT2D eigenvalue weighted by Crippen LogP contribution is 2.69. The molecule has 0 fully saturated rings. The maximum atomic E-state index is 13.1. The lowest BCUT2D eigenvalue weighted by atomic mass is 9.69. The molecule has 3 N–H and O–H groups in total. The van der Waals surface area contributed by atoms with Crippen molar-refractivity contribution in [3.05, 3.63) is 94.8 Å². The largest absolute Gasteiger partial charge is 0.508 e. The van der Waals surface area contributed by atoms with Gasteiger partial charge in [0.2, 0.25) is 0 Å². The molecule has 5 rings (SSSR count). The SMILES string of the molecule is CC.COC(=O)C1=C(O)C2(O)c3c(OC)cc(O)cc3OC2(c2ccc(OC)cc2)C1c1ccccc1. The Morgan fingerprint density at radius 2 is 1.57 bits per heavy atom. The second-order valence-electron chi connectivity index (χ2n) is 8.40. The standard InChI is InChI=1S/C27H24O8.C2H6/c1-32-18-11-9-16(10-12-18)27-22(15-7-5-4-6-8-15)21(25(30)34-3)24(29)26(27,31)23-19(33-2)13-17(28)14-20(23)35-27;1-2/h4-14,22,28-29,31H,1-3H3;1-2H3. The number of benzene rings is 3. The molecule has 8 heteroatoms. The fourth-order valence-electron chi connectivity index (χ4n) is 5.35. The summed E-state index contributed by atoms with van der Waals surface area (Å²) in [5.74, 6) is -1.81. The van der Waals surface area contributed by atoms with E-state index in [1.54, 1.807) is 48.5 Å². The molecule has 3 aromatic rings. The summed E-state index contributed by atoms with van der Waals surface area (Å²) in [4.78, 5) is 13.1. The number of carbonyl (C=O) groups is 1. The number of aliphatic hydroxyl groups excluding tert-OH is 1. The molecule has 2 aliphatic rings. The van der Waals surface area contributed by atoms with Gasteiger partial charge in [0.25, 0.3) is 0 Å². The van der Waals surface area contributed by atoms with E-state index in [9.17, 15) is 20.1 Å². The molecule has 0 aromatic heterocycles. The Morgan fingerprint density at radius 3 is 2.14 bits per heavy atom. The summed E-state index contributed by atoms with van der Waals surface area (Å²) >= 11 is 0. The Balaban J connectivity index is 0.00000156. The van der Waals surface area contributed by atoms with Crippen LogP contribution >= 0.6 is 0 Å². The van der Waals surface area contributed by atoms with Crippen molar-refractivity contribution >= 4 is 5.97 Å². The maximum Gasteiger partial charge on any atom is 0.338 e. The van der Waals surface area contributed by atoms with Crippen LogP contribution in [0.4, 0.5) is 0 Å². The normalized spacial score (nSPS) is 23.2. The van der Waals surface area contributed by atoms with Gasteiger partial charge in [-0.15, -0.1) is 0 Å². The van der Waals surface area contributed by atoms with Gasteiger partial charge in [-0.3, -0.25) is 0 Å². The summed E-state index contributed by atoms with van der Waals surface area (Å²) in [7, 11) is 4.11. The minimum absolute atomic E-state index is 0.0855. The third kappa shape index (κ3) is 3.51. The molecule has 1 heterocycles. The molecule has 0 amide bonds. The number of carbonyl (C=O) groups excluding carboxylic acids is 1. The minimum Gasteiger partial charge on any atom is -0.508 e. The van der Waals surface area contributed by atoms with E-state index in [4.69, 9.17) is 18.9 Å². The van der Waals surface area contributed by atoms with E-state index in [0.717, 1.165) is 0 Å². The molecule has 8 nitrogen and oxygen atoms in total. The highest BCUT2D eigenvalue weighted by molar-refractivity contribution is 5.94. The van der Waals surface area contributed by atoms with E-state index >= 15 is 0 Å². The van der Waals surface area contributed by atoms with Crippen LogP contribution in [0.2, 0.25) is 0 Å². The molecule has 0 saturated heterocycles. The van der Waals surface area contributed by atoms with Crippen LogP contribution in [0.3, 0.4) is 0 Å². The molecule has 3 atom stereocenters. The van der Waals surface area contributed by atoms with Gasteiger partial charge >= 0.3 is 5.97 Å². The van der Waals surface area contributed by atoms with E-state index in [0.29, 0.717) is 16.9 Å². The van der Waals surface area contributed by atoms with Gasteiger partial charge in [-0.1, -0.05) is 56.3 Å². The van der Waals surface area contributed by atoms with E-state index in [-0.39, 0.29) is 28.4 Å². The van der Waals surface area contributed by atoms with Gasteiger partial charge < -0.3 is 34.3 Å². The Labute approximate surface area is 215 Å². The molecule has 1 aliphatic heterocycles. The zero-order valence-electron chi connectivity index (χ0n) is 21.3.